The van der Waals surface area contributed by atoms with Crippen molar-refractivity contribution in [3.8, 4) is 0 Å². The highest BCUT2D eigenvalue weighted by molar-refractivity contribution is 9.10. The minimum Gasteiger partial charge on any atom is -0.329 e. The van der Waals surface area contributed by atoms with Gasteiger partial charge in [0, 0.05) is 28.6 Å². The molecule has 1 aromatic rings. The lowest BCUT2D eigenvalue weighted by Gasteiger charge is -2.19. The number of halogens is 2. The van der Waals surface area contributed by atoms with Crippen LogP contribution in [0.15, 0.2) is 34.8 Å². The molecule has 0 fully saturated rings. The molecule has 1 unspecified atom stereocenters. The zero-order valence-corrected chi connectivity index (χ0v) is 11.6. The number of nitrogens with one attached hydrogen (secondary N) is 1. The van der Waals surface area contributed by atoms with E-state index in [1.165, 1.54) is 0 Å². The quantitative estimate of drug-likeness (QED) is 0.819. The minimum absolute atomic E-state index is 0.0878. The highest BCUT2D eigenvalue weighted by Gasteiger charge is 2.12. The van der Waals surface area contributed by atoms with E-state index in [4.69, 9.17) is 17.3 Å². The Labute approximate surface area is 110 Å². The van der Waals surface area contributed by atoms with Gasteiger partial charge in [0.15, 0.2) is 0 Å². The fraction of sp³-hybridized carbons (Fsp3) is 0.333. The van der Waals surface area contributed by atoms with Gasteiger partial charge in [-0.15, -0.1) is 0 Å². The van der Waals surface area contributed by atoms with Crippen molar-refractivity contribution in [3.63, 3.8) is 0 Å². The molecule has 0 aliphatic carbocycles. The molecule has 2 nitrogen and oxygen atoms in total. The summed E-state index contributed by atoms with van der Waals surface area (Å²) in [6, 6.07) is 5.79. The summed E-state index contributed by atoms with van der Waals surface area (Å²) in [5.74, 6) is 0. The van der Waals surface area contributed by atoms with Gasteiger partial charge in [0.2, 0.25) is 0 Å². The lowest BCUT2D eigenvalue weighted by atomic mass is 10.1. The predicted molar refractivity (Wildman–Crippen MR) is 73.8 cm³/mol. The first-order valence-corrected chi connectivity index (χ1v) is 6.24. The van der Waals surface area contributed by atoms with Crippen molar-refractivity contribution in [2.45, 2.75) is 13.0 Å². The van der Waals surface area contributed by atoms with Gasteiger partial charge in [0.1, 0.15) is 0 Å². The Kier molecular flexibility index (Phi) is 5.49. The standard InChI is InChI=1S/C12H16BrClN2/c1-8(2)7-16-12(6-15)10-5-9(14)3-4-11(10)13/h3-5,12,16H,1,6-7,15H2,2H3. The lowest BCUT2D eigenvalue weighted by molar-refractivity contribution is 0.567. The van der Waals surface area contributed by atoms with E-state index >= 15 is 0 Å². The Morgan fingerprint density at radius 1 is 1.62 bits per heavy atom. The summed E-state index contributed by atoms with van der Waals surface area (Å²) in [4.78, 5) is 0. The van der Waals surface area contributed by atoms with E-state index in [2.05, 4.69) is 27.8 Å². The van der Waals surface area contributed by atoms with Crippen LogP contribution in [0.2, 0.25) is 5.02 Å². The molecule has 0 saturated carbocycles. The van der Waals surface area contributed by atoms with E-state index in [-0.39, 0.29) is 6.04 Å². The molecule has 16 heavy (non-hydrogen) atoms. The summed E-state index contributed by atoms with van der Waals surface area (Å²) in [5.41, 5.74) is 7.91. The third-order valence-electron chi connectivity index (χ3n) is 2.22. The van der Waals surface area contributed by atoms with Crippen molar-refractivity contribution in [1.29, 1.82) is 0 Å². The molecule has 0 aromatic heterocycles. The maximum absolute atomic E-state index is 5.97. The van der Waals surface area contributed by atoms with Crippen LogP contribution in [-0.4, -0.2) is 13.1 Å². The number of hydrogen-bond donors (Lipinski definition) is 2. The second kappa shape index (κ2) is 6.40. The molecule has 88 valence electrons. The molecule has 3 N–H and O–H groups in total. The number of hydrogen-bond acceptors (Lipinski definition) is 2. The number of rotatable bonds is 5. The lowest BCUT2D eigenvalue weighted by Crippen LogP contribution is -2.29. The van der Waals surface area contributed by atoms with Crippen molar-refractivity contribution in [3.05, 3.63) is 45.4 Å². The Morgan fingerprint density at radius 3 is 2.88 bits per heavy atom. The maximum atomic E-state index is 5.97. The highest BCUT2D eigenvalue weighted by atomic mass is 79.9. The third-order valence-corrected chi connectivity index (χ3v) is 3.18. The van der Waals surface area contributed by atoms with E-state index in [1.54, 1.807) is 0 Å². The average Bonchev–Trinajstić information content (AvgIpc) is 2.23. The molecule has 0 aliphatic rings. The van der Waals surface area contributed by atoms with Crippen molar-refractivity contribution in [2.75, 3.05) is 13.1 Å². The molecule has 0 saturated heterocycles. The molecule has 0 amide bonds. The number of nitrogens with two attached hydrogens (primary N) is 1. The van der Waals surface area contributed by atoms with Gasteiger partial charge in [-0.1, -0.05) is 39.7 Å². The molecule has 0 bridgehead atoms. The third kappa shape index (κ3) is 3.91. The largest absolute Gasteiger partial charge is 0.329 e. The van der Waals surface area contributed by atoms with Gasteiger partial charge in [-0.05, 0) is 30.7 Å². The molecular weight excluding hydrogens is 288 g/mol. The zero-order valence-electron chi connectivity index (χ0n) is 9.26. The topological polar surface area (TPSA) is 38.0 Å². The van der Waals surface area contributed by atoms with E-state index in [1.807, 2.05) is 25.1 Å². The zero-order chi connectivity index (χ0) is 12.1. The van der Waals surface area contributed by atoms with Crippen LogP contribution in [0.1, 0.15) is 18.5 Å². The molecule has 1 rings (SSSR count). The monoisotopic (exact) mass is 302 g/mol. The van der Waals surface area contributed by atoms with Gasteiger partial charge in [0.25, 0.3) is 0 Å². The fourth-order valence-corrected chi connectivity index (χ4v) is 2.10. The minimum atomic E-state index is 0.0878. The molecule has 1 aromatic carbocycles. The van der Waals surface area contributed by atoms with Crippen molar-refractivity contribution >= 4 is 27.5 Å². The Balaban J connectivity index is 2.85. The van der Waals surface area contributed by atoms with Gasteiger partial charge in [-0.25, -0.2) is 0 Å². The molecule has 0 radical (unpaired) electrons. The highest BCUT2D eigenvalue weighted by Crippen LogP contribution is 2.26. The van der Waals surface area contributed by atoms with Crippen LogP contribution in [0.25, 0.3) is 0 Å². The first-order chi connectivity index (χ1) is 7.54. The molecule has 1 atom stereocenters. The molecule has 0 heterocycles. The average molecular weight is 304 g/mol. The molecule has 4 heteroatoms. The van der Waals surface area contributed by atoms with Gasteiger partial charge in [-0.3, -0.25) is 0 Å². The van der Waals surface area contributed by atoms with E-state index in [0.717, 1.165) is 22.2 Å². The summed E-state index contributed by atoms with van der Waals surface area (Å²) in [6.45, 7) is 7.10. The SMILES string of the molecule is C=C(C)CNC(CN)c1cc(Cl)ccc1Br. The van der Waals surface area contributed by atoms with Crippen molar-refractivity contribution in [2.24, 2.45) is 5.73 Å². The summed E-state index contributed by atoms with van der Waals surface area (Å²) < 4.78 is 1.02. The van der Waals surface area contributed by atoms with Crippen LogP contribution in [0.4, 0.5) is 0 Å². The summed E-state index contributed by atoms with van der Waals surface area (Å²) in [7, 11) is 0. The fourth-order valence-electron chi connectivity index (χ4n) is 1.40. The van der Waals surface area contributed by atoms with Crippen LogP contribution in [0, 0.1) is 0 Å². The Bertz CT molecular complexity index is 379. The van der Waals surface area contributed by atoms with Crippen molar-refractivity contribution in [1.82, 2.24) is 5.32 Å². The van der Waals surface area contributed by atoms with E-state index in [0.29, 0.717) is 11.6 Å². The summed E-state index contributed by atoms with van der Waals surface area (Å²) in [6.07, 6.45) is 0. The van der Waals surface area contributed by atoms with Gasteiger partial charge in [0.05, 0.1) is 0 Å². The first-order valence-electron chi connectivity index (χ1n) is 5.07. The van der Waals surface area contributed by atoms with E-state index < -0.39 is 0 Å². The smallest absolute Gasteiger partial charge is 0.0458 e. The van der Waals surface area contributed by atoms with Crippen LogP contribution in [-0.2, 0) is 0 Å². The van der Waals surface area contributed by atoms with Crippen LogP contribution in [0.5, 0.6) is 0 Å². The number of benzene rings is 1. The van der Waals surface area contributed by atoms with Crippen molar-refractivity contribution < 1.29 is 0 Å². The van der Waals surface area contributed by atoms with Gasteiger partial charge in [-0.2, -0.15) is 0 Å². The molecular formula is C12H16BrClN2. The van der Waals surface area contributed by atoms with Crippen LogP contribution < -0.4 is 11.1 Å². The summed E-state index contributed by atoms with van der Waals surface area (Å²) in [5, 5.41) is 4.06. The predicted octanol–water partition coefficient (Wildman–Crippen LogP) is 3.27. The maximum Gasteiger partial charge on any atom is 0.0458 e. The normalized spacial score (nSPS) is 12.5. The Hall–Kier alpha value is -0.350. The second-order valence-electron chi connectivity index (χ2n) is 3.79. The first kappa shape index (κ1) is 13.7. The molecule has 0 aliphatic heterocycles. The van der Waals surface area contributed by atoms with Gasteiger partial charge >= 0.3 is 0 Å². The Morgan fingerprint density at radius 2 is 2.31 bits per heavy atom. The van der Waals surface area contributed by atoms with Crippen LogP contribution in [0.3, 0.4) is 0 Å². The summed E-state index contributed by atoms with van der Waals surface area (Å²) >= 11 is 9.48. The molecule has 0 spiro atoms. The second-order valence-corrected chi connectivity index (χ2v) is 5.08. The van der Waals surface area contributed by atoms with Gasteiger partial charge < -0.3 is 11.1 Å². The van der Waals surface area contributed by atoms with Crippen LogP contribution >= 0.6 is 27.5 Å². The van der Waals surface area contributed by atoms with E-state index in [9.17, 15) is 0 Å².